The minimum Gasteiger partial charge on any atom is -0.480 e. The number of nitrogens with zero attached hydrogens (tertiary/aromatic N) is 1. The van der Waals surface area contributed by atoms with Crippen LogP contribution in [0, 0.1) is 5.92 Å². The maximum atomic E-state index is 12.3. The summed E-state index contributed by atoms with van der Waals surface area (Å²) in [6, 6.07) is 7.46. The number of hydrogen-bond acceptors (Lipinski definition) is 5. The molecule has 2 aliphatic heterocycles. The van der Waals surface area contributed by atoms with E-state index < -0.39 is 29.9 Å². The Balaban J connectivity index is 1.64. The number of thioether (sulfide) groups is 1. The molecule has 0 bridgehead atoms. The Bertz CT molecular complexity index is 653. The fourth-order valence-electron chi connectivity index (χ4n) is 3.11. The Morgan fingerprint density at radius 3 is 2.62 bits per heavy atom. The molecule has 3 unspecified atom stereocenters. The van der Waals surface area contributed by atoms with E-state index in [0.29, 0.717) is 5.75 Å². The molecule has 7 nitrogen and oxygen atoms in total. The Labute approximate surface area is 143 Å². The van der Waals surface area contributed by atoms with Crippen molar-refractivity contribution in [1.82, 2.24) is 10.2 Å². The molecular weight excluding hydrogens is 332 g/mol. The van der Waals surface area contributed by atoms with Crippen molar-refractivity contribution in [3.63, 3.8) is 0 Å². The lowest BCUT2D eigenvalue weighted by Crippen LogP contribution is -2.76. The molecule has 1 aromatic rings. The predicted molar refractivity (Wildman–Crippen MR) is 87.2 cm³/mol. The number of aliphatic carboxylic acids is 1. The SMILES string of the molecule is O=C(Cc1ccccc1)NC1C(=O)N2C(C(=O)O)C(CO)CS[C@H]12. The smallest absolute Gasteiger partial charge is 0.326 e. The van der Waals surface area contributed by atoms with Crippen LogP contribution < -0.4 is 5.32 Å². The van der Waals surface area contributed by atoms with Crippen LogP contribution in [0.5, 0.6) is 0 Å². The number of β-lactam (4-membered cyclic amide) rings is 1. The molecule has 3 N–H and O–H groups in total. The highest BCUT2D eigenvalue weighted by Crippen LogP contribution is 2.40. The highest BCUT2D eigenvalue weighted by atomic mass is 32.2. The molecular formula is C16H18N2O5S. The number of fused-ring (bicyclic) bond motifs is 1. The maximum Gasteiger partial charge on any atom is 0.326 e. The van der Waals surface area contributed by atoms with Gasteiger partial charge in [-0.25, -0.2) is 4.79 Å². The van der Waals surface area contributed by atoms with Gasteiger partial charge in [0, 0.05) is 18.3 Å². The lowest BCUT2D eigenvalue weighted by atomic mass is 9.94. The van der Waals surface area contributed by atoms with Crippen LogP contribution in [0.2, 0.25) is 0 Å². The standard InChI is InChI=1S/C16H18N2O5S/c19-7-10-8-24-15-12(14(21)18(15)13(10)16(22)23)17-11(20)6-9-4-2-1-3-5-9/h1-5,10,12-13,15,19H,6-8H2,(H,17,20)(H,22,23)/t10?,12?,13?,15-/m1/s1. The number of aliphatic hydroxyl groups excluding tert-OH is 1. The van der Waals surface area contributed by atoms with Gasteiger partial charge >= 0.3 is 5.97 Å². The molecule has 128 valence electrons. The zero-order valence-corrected chi connectivity index (χ0v) is 13.6. The molecule has 1 aromatic carbocycles. The van der Waals surface area contributed by atoms with Crippen molar-refractivity contribution in [2.24, 2.45) is 5.92 Å². The first-order valence-corrected chi connectivity index (χ1v) is 8.68. The third-order valence-electron chi connectivity index (χ3n) is 4.32. The first kappa shape index (κ1) is 16.8. The summed E-state index contributed by atoms with van der Waals surface area (Å²) in [5, 5.41) is 21.0. The summed E-state index contributed by atoms with van der Waals surface area (Å²) in [6.07, 6.45) is 0.170. The molecule has 0 spiro atoms. The van der Waals surface area contributed by atoms with Gasteiger partial charge in [0.15, 0.2) is 0 Å². The van der Waals surface area contributed by atoms with Gasteiger partial charge in [0.05, 0.1) is 6.42 Å². The van der Waals surface area contributed by atoms with Crippen molar-refractivity contribution in [2.75, 3.05) is 12.4 Å². The van der Waals surface area contributed by atoms with E-state index in [1.807, 2.05) is 30.3 Å². The summed E-state index contributed by atoms with van der Waals surface area (Å²) in [4.78, 5) is 37.1. The number of carboxylic acid groups (broad SMARTS) is 1. The summed E-state index contributed by atoms with van der Waals surface area (Å²) in [6.45, 7) is -0.286. The Morgan fingerprint density at radius 2 is 2.00 bits per heavy atom. The van der Waals surface area contributed by atoms with Gasteiger partial charge in [0.1, 0.15) is 17.5 Å². The van der Waals surface area contributed by atoms with Crippen molar-refractivity contribution < 1.29 is 24.6 Å². The second-order valence-corrected chi connectivity index (χ2v) is 7.05. The van der Waals surface area contributed by atoms with Crippen molar-refractivity contribution >= 4 is 29.5 Å². The number of carboxylic acids is 1. The van der Waals surface area contributed by atoms with E-state index in [2.05, 4.69) is 5.32 Å². The normalized spacial score (nSPS) is 28.7. The molecule has 4 atom stereocenters. The van der Waals surface area contributed by atoms with E-state index in [-0.39, 0.29) is 24.3 Å². The van der Waals surface area contributed by atoms with Gasteiger partial charge in [0.2, 0.25) is 11.8 Å². The number of carbonyl (C=O) groups excluding carboxylic acids is 2. The monoisotopic (exact) mass is 350 g/mol. The second kappa shape index (κ2) is 6.82. The van der Waals surface area contributed by atoms with Gasteiger partial charge in [-0.15, -0.1) is 11.8 Å². The number of hydrogen-bond donors (Lipinski definition) is 3. The third-order valence-corrected chi connectivity index (χ3v) is 5.78. The summed E-state index contributed by atoms with van der Waals surface area (Å²) < 4.78 is 0. The molecule has 0 saturated carbocycles. The third kappa shape index (κ3) is 2.99. The van der Waals surface area contributed by atoms with Gasteiger partial charge in [-0.1, -0.05) is 30.3 Å². The lowest BCUT2D eigenvalue weighted by molar-refractivity contribution is -0.165. The van der Waals surface area contributed by atoms with Crippen molar-refractivity contribution in [1.29, 1.82) is 0 Å². The summed E-state index contributed by atoms with van der Waals surface area (Å²) >= 11 is 1.39. The van der Waals surface area contributed by atoms with Crippen molar-refractivity contribution in [3.05, 3.63) is 35.9 Å². The molecule has 2 fully saturated rings. The number of amides is 2. The van der Waals surface area contributed by atoms with Gasteiger partial charge in [-0.3, -0.25) is 9.59 Å². The molecule has 0 aliphatic carbocycles. The lowest BCUT2D eigenvalue weighted by Gasteiger charge is -2.54. The van der Waals surface area contributed by atoms with Crippen LogP contribution in [-0.2, 0) is 20.8 Å². The van der Waals surface area contributed by atoms with Crippen molar-refractivity contribution in [3.8, 4) is 0 Å². The van der Waals surface area contributed by atoms with E-state index in [4.69, 9.17) is 0 Å². The molecule has 0 radical (unpaired) electrons. The topological polar surface area (TPSA) is 107 Å². The van der Waals surface area contributed by atoms with Gasteiger partial charge in [-0.05, 0) is 5.56 Å². The van der Waals surface area contributed by atoms with E-state index >= 15 is 0 Å². The van der Waals surface area contributed by atoms with Crippen LogP contribution in [-0.4, -0.2) is 62.7 Å². The van der Waals surface area contributed by atoms with Gasteiger partial charge in [0.25, 0.3) is 0 Å². The Hall–Kier alpha value is -2.06. The van der Waals surface area contributed by atoms with Crippen LogP contribution in [0.4, 0.5) is 0 Å². The zero-order valence-electron chi connectivity index (χ0n) is 12.8. The number of benzene rings is 1. The molecule has 2 aliphatic rings. The van der Waals surface area contributed by atoms with Crippen LogP contribution in [0.15, 0.2) is 30.3 Å². The van der Waals surface area contributed by atoms with Gasteiger partial charge < -0.3 is 20.4 Å². The number of nitrogens with one attached hydrogen (secondary N) is 1. The summed E-state index contributed by atoms with van der Waals surface area (Å²) in [5.41, 5.74) is 0.846. The number of aliphatic hydroxyl groups is 1. The van der Waals surface area contributed by atoms with Crippen LogP contribution in [0.25, 0.3) is 0 Å². The quantitative estimate of drug-likeness (QED) is 0.629. The summed E-state index contributed by atoms with van der Waals surface area (Å²) in [7, 11) is 0. The molecule has 0 aromatic heterocycles. The zero-order chi connectivity index (χ0) is 17.3. The first-order valence-electron chi connectivity index (χ1n) is 7.63. The minimum atomic E-state index is -1.12. The van der Waals surface area contributed by atoms with E-state index in [1.54, 1.807) is 0 Å². The average Bonchev–Trinajstić information content (AvgIpc) is 2.58. The predicted octanol–water partition coefficient (Wildman–Crippen LogP) is -0.309. The van der Waals surface area contributed by atoms with Crippen molar-refractivity contribution in [2.45, 2.75) is 23.9 Å². The van der Waals surface area contributed by atoms with Gasteiger partial charge in [-0.2, -0.15) is 0 Å². The molecule has 2 heterocycles. The number of rotatable bonds is 5. The largest absolute Gasteiger partial charge is 0.480 e. The highest BCUT2D eigenvalue weighted by molar-refractivity contribution is 8.00. The molecule has 24 heavy (non-hydrogen) atoms. The average molecular weight is 350 g/mol. The van der Waals surface area contributed by atoms with E-state index in [9.17, 15) is 24.6 Å². The summed E-state index contributed by atoms with van der Waals surface area (Å²) in [5.74, 6) is -1.85. The maximum absolute atomic E-state index is 12.3. The Kier molecular flexibility index (Phi) is 4.77. The number of carbonyl (C=O) groups is 3. The van der Waals surface area contributed by atoms with Crippen LogP contribution in [0.1, 0.15) is 5.56 Å². The molecule has 3 rings (SSSR count). The fraction of sp³-hybridized carbons (Fsp3) is 0.438. The highest BCUT2D eigenvalue weighted by Gasteiger charge is 2.57. The second-order valence-electron chi connectivity index (χ2n) is 5.90. The minimum absolute atomic E-state index is 0.170. The molecule has 2 amide bonds. The molecule has 2 saturated heterocycles. The van der Waals surface area contributed by atoms with Crippen LogP contribution in [0.3, 0.4) is 0 Å². The molecule has 8 heteroatoms. The van der Waals surface area contributed by atoms with E-state index in [0.717, 1.165) is 5.56 Å². The first-order chi connectivity index (χ1) is 11.5. The van der Waals surface area contributed by atoms with Crippen LogP contribution >= 0.6 is 11.8 Å². The fourth-order valence-corrected chi connectivity index (χ4v) is 4.62. The Morgan fingerprint density at radius 1 is 1.29 bits per heavy atom. The van der Waals surface area contributed by atoms with E-state index in [1.165, 1.54) is 16.7 Å².